The molecule has 1 aromatic rings. The van der Waals surface area contributed by atoms with E-state index in [9.17, 15) is 17.4 Å². The van der Waals surface area contributed by atoms with Gasteiger partial charge in [-0.3, -0.25) is 9.00 Å². The minimum atomic E-state index is -3.85. The topological polar surface area (TPSA) is 85.2 Å². The van der Waals surface area contributed by atoms with Gasteiger partial charge in [-0.25, -0.2) is 8.42 Å². The summed E-state index contributed by atoms with van der Waals surface area (Å²) in [5.74, 6) is 0.476. The van der Waals surface area contributed by atoms with Gasteiger partial charge in [-0.1, -0.05) is 6.92 Å². The molecule has 1 aromatic heterocycles. The molecule has 1 atom stereocenters. The minimum Gasteiger partial charge on any atom is -0.350 e. The third-order valence-electron chi connectivity index (χ3n) is 2.43. The maximum Gasteiger partial charge on any atom is 0.267 e. The average molecular weight is 327 g/mol. The molecule has 19 heavy (non-hydrogen) atoms. The average Bonchev–Trinajstić information content (AvgIpc) is 2.70. The first-order chi connectivity index (χ1) is 8.75. The fourth-order valence-corrected chi connectivity index (χ4v) is 2.81. The van der Waals surface area contributed by atoms with Crippen molar-refractivity contribution < 1.29 is 17.4 Å². The molecule has 9 heteroatoms. The van der Waals surface area contributed by atoms with E-state index in [0.717, 1.165) is 0 Å². The highest BCUT2D eigenvalue weighted by Gasteiger charge is 2.18. The molecule has 0 aliphatic rings. The first-order valence-electron chi connectivity index (χ1n) is 5.50. The molecule has 1 rings (SSSR count). The van der Waals surface area contributed by atoms with Gasteiger partial charge in [0, 0.05) is 52.8 Å². The van der Waals surface area contributed by atoms with Crippen LogP contribution in [0.1, 0.15) is 17.4 Å². The predicted molar refractivity (Wildman–Crippen MR) is 74.3 cm³/mol. The molecule has 0 spiro atoms. The summed E-state index contributed by atoms with van der Waals surface area (Å²) in [4.78, 5) is 11.7. The van der Waals surface area contributed by atoms with E-state index in [0.29, 0.717) is 11.5 Å². The highest BCUT2D eigenvalue weighted by molar-refractivity contribution is 8.13. The van der Waals surface area contributed by atoms with Gasteiger partial charge in [-0.2, -0.15) is 0 Å². The lowest BCUT2D eigenvalue weighted by molar-refractivity contribution is 0.0948. The van der Waals surface area contributed by atoms with Gasteiger partial charge < -0.3 is 9.88 Å². The summed E-state index contributed by atoms with van der Waals surface area (Å²) in [6.07, 6.45) is 1.27. The molecule has 1 heterocycles. The van der Waals surface area contributed by atoms with Crippen molar-refractivity contribution in [3.8, 4) is 0 Å². The van der Waals surface area contributed by atoms with Crippen LogP contribution in [0.5, 0.6) is 0 Å². The monoisotopic (exact) mass is 326 g/mol. The molecule has 0 aliphatic carbocycles. The summed E-state index contributed by atoms with van der Waals surface area (Å²) >= 11 is 0. The summed E-state index contributed by atoms with van der Waals surface area (Å²) in [6.45, 7) is 2.07. The van der Waals surface area contributed by atoms with Gasteiger partial charge >= 0.3 is 0 Å². The predicted octanol–water partition coefficient (Wildman–Crippen LogP) is 0.451. The second-order valence-electron chi connectivity index (χ2n) is 3.80. The molecule has 1 N–H and O–H groups in total. The van der Waals surface area contributed by atoms with Crippen molar-refractivity contribution in [1.82, 2.24) is 9.88 Å². The molecular weight excluding hydrogens is 312 g/mol. The van der Waals surface area contributed by atoms with Crippen LogP contribution in [0.25, 0.3) is 0 Å². The van der Waals surface area contributed by atoms with Crippen molar-refractivity contribution in [3.05, 3.63) is 18.0 Å². The van der Waals surface area contributed by atoms with Crippen molar-refractivity contribution in [2.75, 3.05) is 18.1 Å². The molecule has 0 aromatic carbocycles. The van der Waals surface area contributed by atoms with E-state index >= 15 is 0 Å². The highest BCUT2D eigenvalue weighted by Crippen LogP contribution is 2.17. The Hall–Kier alpha value is -0.860. The van der Waals surface area contributed by atoms with Crippen molar-refractivity contribution in [2.24, 2.45) is 7.05 Å². The normalized spacial score (nSPS) is 13.2. The van der Waals surface area contributed by atoms with E-state index in [2.05, 4.69) is 5.32 Å². The number of aryl methyl sites for hydroxylation is 1. The first-order valence-corrected chi connectivity index (χ1v) is 9.29. The molecule has 1 amide bonds. The van der Waals surface area contributed by atoms with Crippen LogP contribution in [0.3, 0.4) is 0 Å². The van der Waals surface area contributed by atoms with Crippen molar-refractivity contribution in [2.45, 2.75) is 11.8 Å². The SMILES string of the molecule is CCS(=O)CCNC(=O)c1cc(S(=O)(=O)Cl)cn1C. The number of amides is 1. The van der Waals surface area contributed by atoms with Gasteiger partial charge in [-0.15, -0.1) is 0 Å². The number of halogens is 1. The van der Waals surface area contributed by atoms with E-state index in [-0.39, 0.29) is 17.1 Å². The summed E-state index contributed by atoms with van der Waals surface area (Å²) in [5, 5.41) is 2.58. The molecular formula is C10H15ClN2O4S2. The number of carbonyl (C=O) groups excluding carboxylic acids is 1. The molecule has 0 saturated heterocycles. The summed E-state index contributed by atoms with van der Waals surface area (Å²) in [6, 6.07) is 1.20. The zero-order valence-corrected chi connectivity index (χ0v) is 12.9. The van der Waals surface area contributed by atoms with Gasteiger partial charge in [0.05, 0.1) is 0 Å². The maximum atomic E-state index is 11.8. The molecule has 0 radical (unpaired) electrons. The standard InChI is InChI=1S/C10H15ClN2O4S2/c1-3-18(15)5-4-12-10(14)9-6-8(7-13(9)2)19(11,16)17/h6-7H,3-5H2,1-2H3,(H,12,14). The van der Waals surface area contributed by atoms with Crippen LogP contribution in [0, 0.1) is 0 Å². The Kier molecular flexibility index (Phi) is 5.57. The van der Waals surface area contributed by atoms with Crippen molar-refractivity contribution in [1.29, 1.82) is 0 Å². The second kappa shape index (κ2) is 6.53. The second-order valence-corrected chi connectivity index (χ2v) is 8.23. The lowest BCUT2D eigenvalue weighted by Crippen LogP contribution is -2.29. The third-order valence-corrected chi connectivity index (χ3v) is 5.06. The molecule has 0 saturated carbocycles. The summed E-state index contributed by atoms with van der Waals surface area (Å²) in [5.41, 5.74) is 0.182. The minimum absolute atomic E-state index is 0.126. The summed E-state index contributed by atoms with van der Waals surface area (Å²) in [7, 11) is 1.94. The lowest BCUT2D eigenvalue weighted by atomic mass is 10.4. The van der Waals surface area contributed by atoms with Crippen LogP contribution in [-0.2, 0) is 26.9 Å². The van der Waals surface area contributed by atoms with Gasteiger partial charge in [0.2, 0.25) is 0 Å². The molecule has 1 unspecified atom stereocenters. The fourth-order valence-electron chi connectivity index (χ4n) is 1.41. The lowest BCUT2D eigenvalue weighted by Gasteiger charge is -2.05. The van der Waals surface area contributed by atoms with E-state index in [1.807, 2.05) is 0 Å². The largest absolute Gasteiger partial charge is 0.350 e. The van der Waals surface area contributed by atoms with Crippen LogP contribution in [0.4, 0.5) is 0 Å². The Labute approximate surface area is 119 Å². The number of nitrogens with zero attached hydrogens (tertiary/aromatic N) is 1. The molecule has 108 valence electrons. The maximum absolute atomic E-state index is 11.8. The quantitative estimate of drug-likeness (QED) is 0.769. The van der Waals surface area contributed by atoms with Crippen LogP contribution in [-0.4, -0.2) is 41.2 Å². The smallest absolute Gasteiger partial charge is 0.267 e. The molecule has 0 aliphatic heterocycles. The van der Waals surface area contributed by atoms with Crippen molar-refractivity contribution in [3.63, 3.8) is 0 Å². The Bertz CT molecular complexity index is 595. The van der Waals surface area contributed by atoms with Gasteiger partial charge in [-0.05, 0) is 6.07 Å². The van der Waals surface area contributed by atoms with Gasteiger partial charge in [0.25, 0.3) is 15.0 Å². The number of nitrogens with one attached hydrogen (secondary N) is 1. The molecule has 0 bridgehead atoms. The zero-order chi connectivity index (χ0) is 14.6. The van der Waals surface area contributed by atoms with Gasteiger partial charge in [0.15, 0.2) is 0 Å². The Morgan fingerprint density at radius 1 is 1.53 bits per heavy atom. The third kappa shape index (κ3) is 4.63. The molecule has 0 fully saturated rings. The van der Waals surface area contributed by atoms with Gasteiger partial charge in [0.1, 0.15) is 10.6 Å². The number of hydrogen-bond donors (Lipinski definition) is 1. The van der Waals surface area contributed by atoms with E-state index in [4.69, 9.17) is 10.7 Å². The molecule has 6 nitrogen and oxygen atoms in total. The van der Waals surface area contributed by atoms with E-state index < -0.39 is 25.8 Å². The van der Waals surface area contributed by atoms with Crippen LogP contribution in [0.15, 0.2) is 17.2 Å². The van der Waals surface area contributed by atoms with Crippen LogP contribution in [0.2, 0.25) is 0 Å². The number of rotatable bonds is 6. The highest BCUT2D eigenvalue weighted by atomic mass is 35.7. The zero-order valence-electron chi connectivity index (χ0n) is 10.6. The Morgan fingerprint density at radius 2 is 2.16 bits per heavy atom. The Morgan fingerprint density at radius 3 is 2.63 bits per heavy atom. The van der Waals surface area contributed by atoms with E-state index in [1.165, 1.54) is 16.8 Å². The fraction of sp³-hybridized carbons (Fsp3) is 0.500. The van der Waals surface area contributed by atoms with Crippen LogP contribution >= 0.6 is 10.7 Å². The van der Waals surface area contributed by atoms with E-state index in [1.54, 1.807) is 14.0 Å². The number of carbonyl (C=O) groups is 1. The number of aromatic nitrogens is 1. The first kappa shape index (κ1) is 16.2. The summed E-state index contributed by atoms with van der Waals surface area (Å²) < 4.78 is 34.9. The van der Waals surface area contributed by atoms with Crippen LogP contribution < -0.4 is 5.32 Å². The van der Waals surface area contributed by atoms with Crippen molar-refractivity contribution >= 4 is 36.4 Å². The number of hydrogen-bond acceptors (Lipinski definition) is 4. The Balaban J connectivity index is 2.73.